The van der Waals surface area contributed by atoms with Crippen molar-refractivity contribution in [1.82, 2.24) is 0 Å². The zero-order valence-electron chi connectivity index (χ0n) is 8.26. The van der Waals surface area contributed by atoms with E-state index in [1.165, 1.54) is 0 Å². The van der Waals surface area contributed by atoms with Crippen LogP contribution in [0.15, 0.2) is 18.2 Å². The zero-order chi connectivity index (χ0) is 10.1. The molecular weight excluding hydrogens is 160 g/mol. The monoisotopic (exact) mass is 174 g/mol. The Balaban J connectivity index is 3.29. The molecule has 0 bridgehead atoms. The fourth-order valence-corrected chi connectivity index (χ4v) is 1.23. The Labute approximate surface area is 79.4 Å². The Morgan fingerprint density at radius 3 is 2.38 bits per heavy atom. The summed E-state index contributed by atoms with van der Waals surface area (Å²) >= 11 is 0. The standard InChI is InChI=1S/C12H14O/c1-5-9-6-7-11(13)10(8-9)12(2,3)4/h1,6-8,13H,2-4H3. The molecule has 0 spiro atoms. The molecule has 0 radical (unpaired) electrons. The third-order valence-corrected chi connectivity index (χ3v) is 1.97. The van der Waals surface area contributed by atoms with Gasteiger partial charge in [-0.25, -0.2) is 0 Å². The Morgan fingerprint density at radius 2 is 1.92 bits per heavy atom. The maximum Gasteiger partial charge on any atom is 0.119 e. The molecule has 1 aromatic carbocycles. The van der Waals surface area contributed by atoms with Gasteiger partial charge in [-0.1, -0.05) is 26.7 Å². The molecule has 1 aromatic rings. The van der Waals surface area contributed by atoms with Crippen LogP contribution in [0.25, 0.3) is 0 Å². The summed E-state index contributed by atoms with van der Waals surface area (Å²) in [6.07, 6.45) is 5.28. The topological polar surface area (TPSA) is 20.2 Å². The van der Waals surface area contributed by atoms with E-state index in [1.807, 2.05) is 26.8 Å². The van der Waals surface area contributed by atoms with E-state index in [2.05, 4.69) is 5.92 Å². The quantitative estimate of drug-likeness (QED) is 0.599. The molecule has 1 nitrogen and oxygen atoms in total. The van der Waals surface area contributed by atoms with E-state index in [9.17, 15) is 5.11 Å². The van der Waals surface area contributed by atoms with Crippen LogP contribution < -0.4 is 0 Å². The average Bonchev–Trinajstić information content (AvgIpc) is 2.03. The summed E-state index contributed by atoms with van der Waals surface area (Å²) in [5.74, 6) is 2.87. The molecule has 1 N–H and O–H groups in total. The minimum atomic E-state index is -0.0725. The third kappa shape index (κ3) is 2.03. The fourth-order valence-electron chi connectivity index (χ4n) is 1.23. The van der Waals surface area contributed by atoms with Gasteiger partial charge < -0.3 is 5.11 Å². The second-order valence-corrected chi connectivity index (χ2v) is 4.13. The second-order valence-electron chi connectivity index (χ2n) is 4.13. The van der Waals surface area contributed by atoms with Gasteiger partial charge in [0.2, 0.25) is 0 Å². The molecule has 0 saturated carbocycles. The summed E-state index contributed by atoms with van der Waals surface area (Å²) in [7, 11) is 0. The van der Waals surface area contributed by atoms with E-state index >= 15 is 0 Å². The number of hydrogen-bond donors (Lipinski definition) is 1. The minimum absolute atomic E-state index is 0.0725. The molecule has 1 rings (SSSR count). The minimum Gasteiger partial charge on any atom is -0.508 e. The Kier molecular flexibility index (Phi) is 2.34. The van der Waals surface area contributed by atoms with E-state index in [0.29, 0.717) is 5.75 Å². The number of rotatable bonds is 0. The Bertz CT molecular complexity index is 350. The maximum absolute atomic E-state index is 9.60. The molecule has 0 unspecified atom stereocenters. The lowest BCUT2D eigenvalue weighted by Gasteiger charge is -2.20. The summed E-state index contributed by atoms with van der Waals surface area (Å²) in [5.41, 5.74) is 1.63. The van der Waals surface area contributed by atoms with E-state index < -0.39 is 0 Å². The predicted octanol–water partition coefficient (Wildman–Crippen LogP) is 2.67. The van der Waals surface area contributed by atoms with Crippen LogP contribution in [-0.2, 0) is 5.41 Å². The molecule has 0 aromatic heterocycles. The molecule has 1 heteroatoms. The first-order valence-electron chi connectivity index (χ1n) is 4.25. The van der Waals surface area contributed by atoms with Crippen molar-refractivity contribution in [2.24, 2.45) is 0 Å². The van der Waals surface area contributed by atoms with Gasteiger partial charge >= 0.3 is 0 Å². The van der Waals surface area contributed by atoms with Crippen molar-refractivity contribution >= 4 is 0 Å². The van der Waals surface area contributed by atoms with Gasteiger partial charge in [0, 0.05) is 11.1 Å². The highest BCUT2D eigenvalue weighted by molar-refractivity contribution is 5.45. The molecule has 0 fully saturated rings. The number of benzene rings is 1. The maximum atomic E-state index is 9.60. The van der Waals surface area contributed by atoms with E-state index in [4.69, 9.17) is 6.42 Å². The molecule has 0 aliphatic heterocycles. The van der Waals surface area contributed by atoms with Crippen LogP contribution in [0.3, 0.4) is 0 Å². The highest BCUT2D eigenvalue weighted by Crippen LogP contribution is 2.30. The molecule has 0 aliphatic rings. The van der Waals surface area contributed by atoms with Crippen molar-refractivity contribution in [2.75, 3.05) is 0 Å². The van der Waals surface area contributed by atoms with Crippen molar-refractivity contribution in [1.29, 1.82) is 0 Å². The van der Waals surface area contributed by atoms with Crippen molar-refractivity contribution in [3.63, 3.8) is 0 Å². The molecule has 0 atom stereocenters. The number of hydrogen-bond acceptors (Lipinski definition) is 1. The van der Waals surface area contributed by atoms with Crippen molar-refractivity contribution in [3.05, 3.63) is 29.3 Å². The largest absolute Gasteiger partial charge is 0.508 e. The van der Waals surface area contributed by atoms with Gasteiger partial charge in [-0.15, -0.1) is 6.42 Å². The normalized spacial score (nSPS) is 10.9. The predicted molar refractivity (Wildman–Crippen MR) is 54.7 cm³/mol. The molecule has 0 heterocycles. The molecule has 0 aliphatic carbocycles. The van der Waals surface area contributed by atoms with Gasteiger partial charge in [-0.2, -0.15) is 0 Å². The van der Waals surface area contributed by atoms with Crippen molar-refractivity contribution < 1.29 is 5.11 Å². The van der Waals surface area contributed by atoms with Crippen LogP contribution in [0.1, 0.15) is 31.9 Å². The highest BCUT2D eigenvalue weighted by atomic mass is 16.3. The lowest BCUT2D eigenvalue weighted by molar-refractivity contribution is 0.446. The van der Waals surface area contributed by atoms with Crippen molar-refractivity contribution in [3.8, 4) is 18.1 Å². The first-order chi connectivity index (χ1) is 5.95. The zero-order valence-corrected chi connectivity index (χ0v) is 8.26. The number of phenols is 1. The molecule has 13 heavy (non-hydrogen) atoms. The van der Waals surface area contributed by atoms with Crippen LogP contribution in [0, 0.1) is 12.3 Å². The van der Waals surface area contributed by atoms with E-state index in [0.717, 1.165) is 11.1 Å². The van der Waals surface area contributed by atoms with Crippen LogP contribution in [-0.4, -0.2) is 5.11 Å². The third-order valence-electron chi connectivity index (χ3n) is 1.97. The number of phenolic OH excluding ortho intramolecular Hbond substituents is 1. The van der Waals surface area contributed by atoms with E-state index in [-0.39, 0.29) is 5.41 Å². The molecular formula is C12H14O. The van der Waals surface area contributed by atoms with Gasteiger partial charge in [0.25, 0.3) is 0 Å². The Hall–Kier alpha value is -1.42. The van der Waals surface area contributed by atoms with Crippen molar-refractivity contribution in [2.45, 2.75) is 26.2 Å². The molecule has 0 saturated heterocycles. The SMILES string of the molecule is C#Cc1ccc(O)c(C(C)(C)C)c1. The highest BCUT2D eigenvalue weighted by Gasteiger charge is 2.17. The van der Waals surface area contributed by atoms with E-state index in [1.54, 1.807) is 12.1 Å². The Morgan fingerprint density at radius 1 is 1.31 bits per heavy atom. The summed E-state index contributed by atoms with van der Waals surface area (Å²) in [6, 6.07) is 5.25. The van der Waals surface area contributed by atoms with Crippen LogP contribution >= 0.6 is 0 Å². The summed E-state index contributed by atoms with van der Waals surface area (Å²) in [4.78, 5) is 0. The number of terminal acetylenes is 1. The fraction of sp³-hybridized carbons (Fsp3) is 0.333. The van der Waals surface area contributed by atoms with Gasteiger partial charge in [-0.3, -0.25) is 0 Å². The molecule has 68 valence electrons. The first kappa shape index (κ1) is 9.67. The lowest BCUT2D eigenvalue weighted by atomic mass is 9.85. The van der Waals surface area contributed by atoms with Crippen LogP contribution in [0.5, 0.6) is 5.75 Å². The number of aromatic hydroxyl groups is 1. The average molecular weight is 174 g/mol. The van der Waals surface area contributed by atoms with Gasteiger partial charge in [0.15, 0.2) is 0 Å². The summed E-state index contributed by atoms with van der Waals surface area (Å²) in [5, 5.41) is 9.60. The second kappa shape index (κ2) is 3.14. The lowest BCUT2D eigenvalue weighted by Crippen LogP contribution is -2.11. The molecule has 0 amide bonds. The smallest absolute Gasteiger partial charge is 0.119 e. The van der Waals surface area contributed by atoms with Gasteiger partial charge in [0.1, 0.15) is 5.75 Å². The summed E-state index contributed by atoms with van der Waals surface area (Å²) in [6.45, 7) is 6.13. The van der Waals surface area contributed by atoms with Gasteiger partial charge in [0.05, 0.1) is 0 Å². The van der Waals surface area contributed by atoms with Gasteiger partial charge in [-0.05, 0) is 23.6 Å². The van der Waals surface area contributed by atoms with Crippen LogP contribution in [0.2, 0.25) is 0 Å². The first-order valence-corrected chi connectivity index (χ1v) is 4.25. The summed E-state index contributed by atoms with van der Waals surface area (Å²) < 4.78 is 0. The van der Waals surface area contributed by atoms with Crippen LogP contribution in [0.4, 0.5) is 0 Å².